The van der Waals surface area contributed by atoms with E-state index >= 15 is 0 Å². The minimum atomic E-state index is -0.100. The molecule has 1 N–H and O–H groups in total. The lowest BCUT2D eigenvalue weighted by atomic mass is 9.98. The van der Waals surface area contributed by atoms with Gasteiger partial charge in [0.1, 0.15) is 0 Å². The Kier molecular flexibility index (Phi) is 4.00. The van der Waals surface area contributed by atoms with Gasteiger partial charge in [-0.3, -0.25) is 14.0 Å². The molecule has 2 aliphatic rings. The molecule has 0 bridgehead atoms. The molecule has 8 heteroatoms. The number of imidazole rings is 1. The van der Waals surface area contributed by atoms with Gasteiger partial charge in [0.05, 0.1) is 24.4 Å². The van der Waals surface area contributed by atoms with Crippen molar-refractivity contribution in [2.45, 2.75) is 25.3 Å². The van der Waals surface area contributed by atoms with Crippen LogP contribution >= 0.6 is 11.3 Å². The van der Waals surface area contributed by atoms with E-state index in [-0.39, 0.29) is 24.3 Å². The molecule has 2 amide bonds. The molecule has 3 aromatic rings. The van der Waals surface area contributed by atoms with Crippen LogP contribution in [0.4, 0.5) is 0 Å². The van der Waals surface area contributed by atoms with Gasteiger partial charge in [0.2, 0.25) is 5.91 Å². The highest BCUT2D eigenvalue weighted by Gasteiger charge is 2.44. The Balaban J connectivity index is 1.25. The molecule has 140 valence electrons. The average molecular weight is 384 g/mol. The Morgan fingerprint density at radius 2 is 2.22 bits per heavy atom. The summed E-state index contributed by atoms with van der Waals surface area (Å²) in [5, 5.41) is 5.12. The summed E-state index contributed by atoms with van der Waals surface area (Å²) in [6.45, 7) is 1.21. The number of carbonyl (C=O) groups excluding carboxylic acids is 2. The lowest BCUT2D eigenvalue weighted by Gasteiger charge is -2.18. The third kappa shape index (κ3) is 3.25. The Morgan fingerprint density at radius 3 is 2.96 bits per heavy atom. The molecule has 2 atom stereocenters. The monoisotopic (exact) mass is 384 g/mol. The van der Waals surface area contributed by atoms with Crippen LogP contribution in [0, 0.1) is 11.8 Å². The summed E-state index contributed by atoms with van der Waals surface area (Å²) in [5.74, 6) is 1.14. The molecule has 0 spiro atoms. The molecule has 3 aromatic heterocycles. The Labute approximate surface area is 160 Å². The van der Waals surface area contributed by atoms with Gasteiger partial charge in [0.25, 0.3) is 5.91 Å². The summed E-state index contributed by atoms with van der Waals surface area (Å²) in [5.41, 5.74) is 0.767. The van der Waals surface area contributed by atoms with Gasteiger partial charge in [-0.25, -0.2) is 4.98 Å². The van der Waals surface area contributed by atoms with Crippen LogP contribution in [0.5, 0.6) is 0 Å². The number of thiazole rings is 1. The maximum Gasteiger partial charge on any atom is 0.289 e. The second-order valence-corrected chi connectivity index (χ2v) is 8.24. The van der Waals surface area contributed by atoms with Crippen molar-refractivity contribution in [3.63, 3.8) is 0 Å². The Bertz CT molecular complexity index is 944. The highest BCUT2D eigenvalue weighted by Crippen LogP contribution is 2.41. The molecule has 5 rings (SSSR count). The van der Waals surface area contributed by atoms with E-state index in [1.807, 2.05) is 22.2 Å². The molecule has 1 aliphatic heterocycles. The first-order chi connectivity index (χ1) is 13.2. The largest absolute Gasteiger partial charge is 0.459 e. The number of likely N-dealkylation sites (tertiary alicyclic amines) is 1. The molecule has 4 heterocycles. The van der Waals surface area contributed by atoms with Crippen LogP contribution in [0.1, 0.15) is 29.1 Å². The van der Waals surface area contributed by atoms with E-state index in [4.69, 9.17) is 4.42 Å². The minimum absolute atomic E-state index is 0.00681. The number of hydrogen-bond acceptors (Lipinski definition) is 5. The van der Waals surface area contributed by atoms with Gasteiger partial charge in [-0.1, -0.05) is 0 Å². The van der Waals surface area contributed by atoms with Crippen LogP contribution in [0.3, 0.4) is 0 Å². The first-order valence-corrected chi connectivity index (χ1v) is 10.1. The summed E-state index contributed by atoms with van der Waals surface area (Å²) in [4.78, 5) is 32.4. The number of aromatic nitrogens is 2. The van der Waals surface area contributed by atoms with Crippen molar-refractivity contribution in [1.29, 1.82) is 0 Å². The molecule has 0 aromatic carbocycles. The number of hydrogen-bond donors (Lipinski definition) is 1. The molecule has 7 nitrogen and oxygen atoms in total. The van der Waals surface area contributed by atoms with Crippen molar-refractivity contribution in [3.05, 3.63) is 47.6 Å². The topological polar surface area (TPSA) is 79.9 Å². The highest BCUT2D eigenvalue weighted by atomic mass is 32.1. The number of rotatable bonds is 5. The summed E-state index contributed by atoms with van der Waals surface area (Å²) < 4.78 is 7.18. The van der Waals surface area contributed by atoms with Gasteiger partial charge in [-0.15, -0.1) is 11.3 Å². The van der Waals surface area contributed by atoms with E-state index in [9.17, 15) is 9.59 Å². The molecule has 2 fully saturated rings. The van der Waals surface area contributed by atoms with Crippen molar-refractivity contribution < 1.29 is 14.0 Å². The van der Waals surface area contributed by atoms with E-state index < -0.39 is 0 Å². The van der Waals surface area contributed by atoms with Crippen LogP contribution in [-0.2, 0) is 11.2 Å². The SMILES string of the molecule is O=C(Cc1cn2ccsc2n1)N[C@H]1CN(C(=O)c2ccco2)C[C@@H]1C1CC1. The second kappa shape index (κ2) is 6.53. The predicted octanol–water partition coefficient (Wildman–Crippen LogP) is 2.20. The van der Waals surface area contributed by atoms with E-state index in [0.29, 0.717) is 30.7 Å². The fraction of sp³-hybridized carbons (Fsp3) is 0.421. The number of nitrogens with one attached hydrogen (secondary N) is 1. The van der Waals surface area contributed by atoms with Crippen LogP contribution in [0.15, 0.2) is 40.6 Å². The Hall–Kier alpha value is -2.61. The smallest absolute Gasteiger partial charge is 0.289 e. The lowest BCUT2D eigenvalue weighted by Crippen LogP contribution is -2.42. The zero-order valence-electron chi connectivity index (χ0n) is 14.7. The molecule has 27 heavy (non-hydrogen) atoms. The van der Waals surface area contributed by atoms with Gasteiger partial charge in [0, 0.05) is 36.8 Å². The molecule has 0 unspecified atom stereocenters. The van der Waals surface area contributed by atoms with Crippen molar-refractivity contribution in [3.8, 4) is 0 Å². The van der Waals surface area contributed by atoms with Gasteiger partial charge >= 0.3 is 0 Å². The van der Waals surface area contributed by atoms with Crippen molar-refractivity contribution >= 4 is 28.1 Å². The minimum Gasteiger partial charge on any atom is -0.459 e. The maximum atomic E-state index is 12.6. The summed E-state index contributed by atoms with van der Waals surface area (Å²) in [6.07, 6.45) is 7.96. The third-order valence-electron chi connectivity index (χ3n) is 5.44. The molecular weight excluding hydrogens is 364 g/mol. The summed E-state index contributed by atoms with van der Waals surface area (Å²) in [7, 11) is 0. The van der Waals surface area contributed by atoms with E-state index in [0.717, 1.165) is 10.7 Å². The zero-order chi connectivity index (χ0) is 18.4. The first kappa shape index (κ1) is 16.6. The van der Waals surface area contributed by atoms with Crippen molar-refractivity contribution in [2.24, 2.45) is 11.8 Å². The quantitative estimate of drug-likeness (QED) is 0.731. The third-order valence-corrected chi connectivity index (χ3v) is 6.21. The van der Waals surface area contributed by atoms with Gasteiger partial charge in [0.15, 0.2) is 10.7 Å². The van der Waals surface area contributed by atoms with E-state index in [1.54, 1.807) is 28.4 Å². The second-order valence-electron chi connectivity index (χ2n) is 7.36. The van der Waals surface area contributed by atoms with E-state index in [1.165, 1.54) is 19.1 Å². The zero-order valence-corrected chi connectivity index (χ0v) is 15.5. The van der Waals surface area contributed by atoms with Crippen LogP contribution in [0.2, 0.25) is 0 Å². The normalized spacial score (nSPS) is 22.4. The fourth-order valence-corrected chi connectivity index (χ4v) is 4.71. The molecule has 1 aliphatic carbocycles. The van der Waals surface area contributed by atoms with Crippen LogP contribution in [0.25, 0.3) is 4.96 Å². The maximum absolute atomic E-state index is 12.6. The molecular formula is C19H20N4O3S. The predicted molar refractivity (Wildman–Crippen MR) is 99.5 cm³/mol. The van der Waals surface area contributed by atoms with Crippen LogP contribution < -0.4 is 5.32 Å². The standard InChI is InChI=1S/C19H20N4O3S/c24-17(8-13-9-22-5-7-27-19(22)20-13)21-15-11-23(10-14(15)12-3-4-12)18(25)16-2-1-6-26-16/h1-2,5-7,9,12,14-15H,3-4,8,10-11H2,(H,21,24)/t14-,15+/m1/s1. The first-order valence-electron chi connectivity index (χ1n) is 9.20. The molecule has 0 radical (unpaired) electrons. The Morgan fingerprint density at radius 1 is 1.33 bits per heavy atom. The number of carbonyl (C=O) groups is 2. The summed E-state index contributed by atoms with van der Waals surface area (Å²) in [6, 6.07) is 3.40. The van der Waals surface area contributed by atoms with Gasteiger partial charge in [-0.05, 0) is 30.9 Å². The van der Waals surface area contributed by atoms with Crippen molar-refractivity contribution in [2.75, 3.05) is 13.1 Å². The summed E-state index contributed by atoms with van der Waals surface area (Å²) >= 11 is 1.55. The number of furan rings is 1. The van der Waals surface area contributed by atoms with E-state index in [2.05, 4.69) is 10.3 Å². The van der Waals surface area contributed by atoms with Gasteiger partial charge < -0.3 is 14.6 Å². The average Bonchev–Trinajstić information content (AvgIpc) is 3.04. The molecule has 1 saturated carbocycles. The fourth-order valence-electron chi connectivity index (χ4n) is 3.99. The lowest BCUT2D eigenvalue weighted by molar-refractivity contribution is -0.121. The van der Waals surface area contributed by atoms with Crippen molar-refractivity contribution in [1.82, 2.24) is 19.6 Å². The van der Waals surface area contributed by atoms with Crippen LogP contribution in [-0.4, -0.2) is 45.2 Å². The number of amides is 2. The molecule has 1 saturated heterocycles. The highest BCUT2D eigenvalue weighted by molar-refractivity contribution is 7.15. The number of fused-ring (bicyclic) bond motifs is 1. The van der Waals surface area contributed by atoms with Gasteiger partial charge in [-0.2, -0.15) is 0 Å². The number of nitrogens with zero attached hydrogens (tertiary/aromatic N) is 3.